The van der Waals surface area contributed by atoms with E-state index < -0.39 is 29.4 Å². The number of unbranched alkanes of at least 4 members (excludes halogenated alkanes) is 1. The minimum absolute atomic E-state index is 0.0648. The van der Waals surface area contributed by atoms with Crippen LogP contribution in [0.4, 0.5) is 0 Å². The van der Waals surface area contributed by atoms with E-state index in [9.17, 15) is 14.4 Å². The van der Waals surface area contributed by atoms with E-state index in [-0.39, 0.29) is 18.1 Å². The minimum Gasteiger partial charge on any atom is -0.480 e. The fourth-order valence-corrected chi connectivity index (χ4v) is 2.04. The quantitative estimate of drug-likeness (QED) is 0.228. The van der Waals surface area contributed by atoms with Crippen molar-refractivity contribution in [2.24, 2.45) is 11.1 Å². The maximum atomic E-state index is 12.2. The Hall–Kier alpha value is -0.930. The molecular formula is C14H27N3O4S2. The molecule has 0 aromatic rings. The van der Waals surface area contributed by atoms with Crippen molar-refractivity contribution >= 4 is 43.0 Å². The number of hydrogen-bond donors (Lipinski definition) is 6. The lowest BCUT2D eigenvalue weighted by Gasteiger charge is -2.25. The summed E-state index contributed by atoms with van der Waals surface area (Å²) in [6.45, 7) is 3.87. The Balaban J connectivity index is 4.74. The van der Waals surface area contributed by atoms with Crippen LogP contribution in [0, 0.1) is 5.41 Å². The fourth-order valence-electron chi connectivity index (χ4n) is 1.64. The first-order valence-corrected chi connectivity index (χ1v) is 8.72. The van der Waals surface area contributed by atoms with E-state index in [0.29, 0.717) is 25.1 Å². The molecule has 9 heteroatoms. The smallest absolute Gasteiger partial charge is 0.326 e. The van der Waals surface area contributed by atoms with E-state index >= 15 is 0 Å². The lowest BCUT2D eigenvalue weighted by molar-refractivity contribution is -0.142. The van der Waals surface area contributed by atoms with Gasteiger partial charge in [0.25, 0.3) is 0 Å². The van der Waals surface area contributed by atoms with E-state index in [1.54, 1.807) is 13.8 Å². The fraction of sp³-hybridized carbons (Fsp3) is 0.786. The number of hydrogen-bond acceptors (Lipinski definition) is 6. The predicted molar refractivity (Wildman–Crippen MR) is 95.9 cm³/mol. The molecule has 0 unspecified atom stereocenters. The summed E-state index contributed by atoms with van der Waals surface area (Å²) in [6.07, 6.45) is 1.56. The van der Waals surface area contributed by atoms with E-state index in [1.165, 1.54) is 0 Å². The lowest BCUT2D eigenvalue weighted by Crippen LogP contribution is -2.54. The van der Waals surface area contributed by atoms with Crippen LogP contribution in [0.25, 0.3) is 0 Å². The zero-order valence-corrected chi connectivity index (χ0v) is 15.3. The van der Waals surface area contributed by atoms with Crippen LogP contribution in [-0.2, 0) is 14.4 Å². The van der Waals surface area contributed by atoms with Crippen LogP contribution < -0.4 is 16.4 Å². The van der Waals surface area contributed by atoms with Crippen molar-refractivity contribution in [3.8, 4) is 0 Å². The summed E-state index contributed by atoms with van der Waals surface area (Å²) in [6, 6.07) is -1.91. The molecule has 0 radical (unpaired) electrons. The molecule has 0 aromatic carbocycles. The number of carbonyl (C=O) groups excluding carboxylic acids is 2. The Morgan fingerprint density at radius 3 is 2.17 bits per heavy atom. The van der Waals surface area contributed by atoms with E-state index in [4.69, 9.17) is 10.8 Å². The molecule has 0 saturated heterocycles. The molecule has 23 heavy (non-hydrogen) atoms. The van der Waals surface area contributed by atoms with Gasteiger partial charge in [0, 0.05) is 11.5 Å². The average Bonchev–Trinajstić information content (AvgIpc) is 2.50. The van der Waals surface area contributed by atoms with Gasteiger partial charge in [-0.1, -0.05) is 13.8 Å². The van der Waals surface area contributed by atoms with Gasteiger partial charge in [-0.3, -0.25) is 9.59 Å². The van der Waals surface area contributed by atoms with Crippen molar-refractivity contribution in [3.05, 3.63) is 0 Å². The number of carboxylic acids is 1. The summed E-state index contributed by atoms with van der Waals surface area (Å²) >= 11 is 8.16. The number of amides is 2. The summed E-state index contributed by atoms with van der Waals surface area (Å²) in [7, 11) is 0. The van der Waals surface area contributed by atoms with Crippen LogP contribution in [-0.4, -0.2) is 53.0 Å². The second-order valence-corrected chi connectivity index (χ2v) is 6.62. The third-order valence-electron chi connectivity index (χ3n) is 3.38. The van der Waals surface area contributed by atoms with Crippen LogP contribution in [0.3, 0.4) is 0 Å². The first-order valence-electron chi connectivity index (χ1n) is 7.45. The Morgan fingerprint density at radius 2 is 1.74 bits per heavy atom. The van der Waals surface area contributed by atoms with Crippen molar-refractivity contribution in [2.45, 2.75) is 45.2 Å². The van der Waals surface area contributed by atoms with Crippen LogP contribution in [0.5, 0.6) is 0 Å². The van der Waals surface area contributed by atoms with Crippen LogP contribution >= 0.6 is 25.3 Å². The van der Waals surface area contributed by atoms with Crippen molar-refractivity contribution in [1.82, 2.24) is 10.6 Å². The Kier molecular flexibility index (Phi) is 10.3. The molecule has 0 aliphatic carbocycles. The number of nitrogens with one attached hydrogen (secondary N) is 2. The molecule has 7 nitrogen and oxygen atoms in total. The van der Waals surface area contributed by atoms with Crippen LogP contribution in [0.2, 0.25) is 0 Å². The van der Waals surface area contributed by atoms with Gasteiger partial charge in [0.05, 0.1) is 5.41 Å². The van der Waals surface area contributed by atoms with Gasteiger partial charge in [-0.05, 0) is 25.8 Å². The van der Waals surface area contributed by atoms with E-state index in [0.717, 1.165) is 0 Å². The summed E-state index contributed by atoms with van der Waals surface area (Å²) < 4.78 is 0. The highest BCUT2D eigenvalue weighted by molar-refractivity contribution is 7.80. The zero-order chi connectivity index (χ0) is 18.0. The monoisotopic (exact) mass is 365 g/mol. The maximum absolute atomic E-state index is 12.2. The third kappa shape index (κ3) is 7.94. The number of carboxylic acid groups (broad SMARTS) is 1. The second-order valence-electron chi connectivity index (χ2n) is 5.93. The van der Waals surface area contributed by atoms with Crippen molar-refractivity contribution in [3.63, 3.8) is 0 Å². The molecule has 0 aliphatic rings. The van der Waals surface area contributed by atoms with Gasteiger partial charge in [0.1, 0.15) is 12.1 Å². The molecule has 0 aromatic heterocycles. The van der Waals surface area contributed by atoms with Crippen LogP contribution in [0.1, 0.15) is 33.1 Å². The molecule has 5 N–H and O–H groups in total. The van der Waals surface area contributed by atoms with Crippen molar-refractivity contribution in [1.29, 1.82) is 0 Å². The second kappa shape index (κ2) is 10.8. The number of rotatable bonds is 11. The predicted octanol–water partition coefficient (Wildman–Crippen LogP) is 0.0554. The number of carbonyl (C=O) groups is 3. The molecule has 0 fully saturated rings. The van der Waals surface area contributed by atoms with Gasteiger partial charge >= 0.3 is 5.97 Å². The first kappa shape index (κ1) is 22.1. The summed E-state index contributed by atoms with van der Waals surface area (Å²) in [5.74, 6) is -1.64. The maximum Gasteiger partial charge on any atom is 0.326 e. The molecule has 134 valence electrons. The third-order valence-corrected chi connectivity index (χ3v) is 4.53. The molecule has 2 amide bonds. The topological polar surface area (TPSA) is 122 Å². The van der Waals surface area contributed by atoms with E-state index in [1.807, 2.05) is 0 Å². The standard InChI is InChI=1S/C14H27N3O4S2/c1-14(2,8-23)13(21)17-10(7-22)11(18)16-9(12(19)20)5-3-4-6-15/h9-10,22-23H,3-8,15H2,1-2H3,(H,16,18)(H,17,21)(H,19,20)/t9-,10-/m0/s1. The Bertz CT molecular complexity index is 419. The molecular weight excluding hydrogens is 338 g/mol. The molecule has 0 saturated carbocycles. The van der Waals surface area contributed by atoms with Crippen molar-refractivity contribution in [2.75, 3.05) is 18.1 Å². The molecule has 2 atom stereocenters. The zero-order valence-electron chi connectivity index (χ0n) is 13.5. The average molecular weight is 366 g/mol. The highest BCUT2D eigenvalue weighted by Gasteiger charge is 2.31. The number of thiol groups is 2. The van der Waals surface area contributed by atoms with Gasteiger partial charge in [-0.2, -0.15) is 25.3 Å². The number of nitrogens with two attached hydrogens (primary N) is 1. The molecule has 0 rings (SSSR count). The summed E-state index contributed by atoms with van der Waals surface area (Å²) in [4.78, 5) is 35.5. The molecule has 0 aliphatic heterocycles. The highest BCUT2D eigenvalue weighted by Crippen LogP contribution is 2.17. The highest BCUT2D eigenvalue weighted by atomic mass is 32.1. The van der Waals surface area contributed by atoms with Gasteiger partial charge in [-0.25, -0.2) is 4.79 Å². The molecule has 0 heterocycles. The molecule has 0 bridgehead atoms. The number of aliphatic carboxylic acids is 1. The van der Waals surface area contributed by atoms with Crippen molar-refractivity contribution < 1.29 is 19.5 Å². The van der Waals surface area contributed by atoms with Gasteiger partial charge in [0.2, 0.25) is 11.8 Å². The van der Waals surface area contributed by atoms with Gasteiger partial charge < -0.3 is 21.5 Å². The lowest BCUT2D eigenvalue weighted by atomic mass is 9.95. The van der Waals surface area contributed by atoms with Crippen LogP contribution in [0.15, 0.2) is 0 Å². The minimum atomic E-state index is -1.12. The summed E-state index contributed by atoms with van der Waals surface area (Å²) in [5.41, 5.74) is 4.63. The van der Waals surface area contributed by atoms with Gasteiger partial charge in [-0.15, -0.1) is 0 Å². The largest absolute Gasteiger partial charge is 0.480 e. The van der Waals surface area contributed by atoms with E-state index in [2.05, 4.69) is 35.9 Å². The Labute approximate surface area is 148 Å². The summed E-state index contributed by atoms with van der Waals surface area (Å²) in [5, 5.41) is 14.2. The van der Waals surface area contributed by atoms with Gasteiger partial charge in [0.15, 0.2) is 0 Å². The molecule has 0 spiro atoms. The Morgan fingerprint density at radius 1 is 1.13 bits per heavy atom. The normalized spacial score (nSPS) is 14.0. The first-order chi connectivity index (χ1) is 10.7. The SMILES string of the molecule is CC(C)(CS)C(=O)N[C@@H](CS)C(=O)N[C@@H](CCCCN)C(=O)O.